The van der Waals surface area contributed by atoms with E-state index in [1.807, 2.05) is 4.57 Å². The number of aromatic nitrogens is 1. The molecule has 1 saturated heterocycles. The molecule has 0 spiro atoms. The maximum Gasteiger partial charge on any atom is 0.254 e. The molecule has 3 heterocycles. The molecule has 1 fully saturated rings. The molecule has 2 aliphatic rings. The Hall–Kier alpha value is -1.13. The number of nitrogens with one attached hydrogen (secondary N) is 1. The normalized spacial score (nSPS) is 23.9. The second kappa shape index (κ2) is 6.32. The zero-order valence-electron chi connectivity index (χ0n) is 12.9. The molecule has 2 unspecified atom stereocenters. The van der Waals surface area contributed by atoms with Crippen molar-refractivity contribution in [3.8, 4) is 0 Å². The first-order valence-electron chi connectivity index (χ1n) is 8.31. The highest BCUT2D eigenvalue weighted by molar-refractivity contribution is 5.31. The summed E-state index contributed by atoms with van der Waals surface area (Å²) < 4.78 is 2.00. The van der Waals surface area contributed by atoms with E-state index < -0.39 is 0 Å². The van der Waals surface area contributed by atoms with Crippen LogP contribution in [0.5, 0.6) is 0 Å². The maximum atomic E-state index is 12.9. The highest BCUT2D eigenvalue weighted by Gasteiger charge is 2.32. The molecule has 2 bridgehead atoms. The summed E-state index contributed by atoms with van der Waals surface area (Å²) in [7, 11) is 0. The molecule has 3 rings (SSSR count). The first-order valence-corrected chi connectivity index (χ1v) is 8.31. The van der Waals surface area contributed by atoms with Crippen LogP contribution in [0.25, 0.3) is 0 Å². The maximum absolute atomic E-state index is 12.9. The molecule has 0 aromatic carbocycles. The van der Waals surface area contributed by atoms with Gasteiger partial charge < -0.3 is 15.0 Å². The molecule has 4 nitrogen and oxygen atoms in total. The fraction of sp³-hybridized carbons (Fsp3) is 0.706. The van der Waals surface area contributed by atoms with Crippen LogP contribution in [0, 0.1) is 5.92 Å². The molecule has 2 N–H and O–H groups in total. The Balaban J connectivity index is 1.99. The third-order valence-corrected chi connectivity index (χ3v) is 5.03. The van der Waals surface area contributed by atoms with Crippen LogP contribution in [0.1, 0.15) is 55.3 Å². The number of fused-ring (bicyclic) bond motifs is 4. The van der Waals surface area contributed by atoms with E-state index in [9.17, 15) is 9.90 Å². The SMILES string of the molecule is CCCCCc1c(CO)cc2n(c1=O)CC1CNCC2C1. The Morgan fingerprint density at radius 3 is 3.00 bits per heavy atom. The van der Waals surface area contributed by atoms with Gasteiger partial charge in [0.1, 0.15) is 0 Å². The lowest BCUT2D eigenvalue weighted by Gasteiger charge is -2.38. The number of pyridine rings is 1. The molecule has 21 heavy (non-hydrogen) atoms. The van der Waals surface area contributed by atoms with Crippen LogP contribution in [0.2, 0.25) is 0 Å². The van der Waals surface area contributed by atoms with Crippen molar-refractivity contribution in [1.29, 1.82) is 0 Å². The van der Waals surface area contributed by atoms with E-state index >= 15 is 0 Å². The van der Waals surface area contributed by atoms with Crippen molar-refractivity contribution in [2.45, 2.75) is 58.1 Å². The zero-order valence-corrected chi connectivity index (χ0v) is 12.9. The lowest BCUT2D eigenvalue weighted by molar-refractivity contribution is 0.252. The van der Waals surface area contributed by atoms with Crippen molar-refractivity contribution in [2.24, 2.45) is 5.92 Å². The van der Waals surface area contributed by atoms with Gasteiger partial charge in [0.25, 0.3) is 5.56 Å². The Bertz CT molecular complexity index is 565. The number of unbranched alkanes of at least 4 members (excludes halogenated alkanes) is 2. The minimum Gasteiger partial charge on any atom is -0.392 e. The van der Waals surface area contributed by atoms with Gasteiger partial charge in [-0.15, -0.1) is 0 Å². The predicted octanol–water partition coefficient (Wildman–Crippen LogP) is 1.78. The van der Waals surface area contributed by atoms with Crippen molar-refractivity contribution >= 4 is 0 Å². The first-order chi connectivity index (χ1) is 10.2. The Morgan fingerprint density at radius 1 is 1.38 bits per heavy atom. The summed E-state index contributed by atoms with van der Waals surface area (Å²) in [6.45, 7) is 4.96. The Morgan fingerprint density at radius 2 is 2.24 bits per heavy atom. The second-order valence-electron chi connectivity index (χ2n) is 6.56. The van der Waals surface area contributed by atoms with Crippen molar-refractivity contribution in [1.82, 2.24) is 9.88 Å². The smallest absolute Gasteiger partial charge is 0.254 e. The number of hydrogen-bond donors (Lipinski definition) is 2. The molecule has 1 aromatic heterocycles. The van der Waals surface area contributed by atoms with E-state index in [2.05, 4.69) is 18.3 Å². The quantitative estimate of drug-likeness (QED) is 0.813. The van der Waals surface area contributed by atoms with Crippen LogP contribution in [0.15, 0.2) is 10.9 Å². The number of piperidine rings is 1. The monoisotopic (exact) mass is 290 g/mol. The largest absolute Gasteiger partial charge is 0.392 e. The summed E-state index contributed by atoms with van der Waals surface area (Å²) in [5, 5.41) is 13.1. The summed E-state index contributed by atoms with van der Waals surface area (Å²) in [5.41, 5.74) is 2.99. The summed E-state index contributed by atoms with van der Waals surface area (Å²) in [6, 6.07) is 2.09. The molecular formula is C17H26N2O2. The molecule has 4 heteroatoms. The summed E-state index contributed by atoms with van der Waals surface area (Å²) in [5.74, 6) is 1.01. The van der Waals surface area contributed by atoms with Crippen molar-refractivity contribution < 1.29 is 5.11 Å². The van der Waals surface area contributed by atoms with Crippen LogP contribution in [0.4, 0.5) is 0 Å². The topological polar surface area (TPSA) is 54.3 Å². The van der Waals surface area contributed by atoms with Crippen LogP contribution in [-0.2, 0) is 19.6 Å². The van der Waals surface area contributed by atoms with Crippen LogP contribution >= 0.6 is 0 Å². The number of aliphatic hydroxyl groups is 1. The molecule has 0 aliphatic carbocycles. The van der Waals surface area contributed by atoms with E-state index in [-0.39, 0.29) is 12.2 Å². The fourth-order valence-corrected chi connectivity index (χ4v) is 3.90. The number of rotatable bonds is 5. The highest BCUT2D eigenvalue weighted by atomic mass is 16.3. The van der Waals surface area contributed by atoms with Crippen LogP contribution in [0.3, 0.4) is 0 Å². The third-order valence-electron chi connectivity index (χ3n) is 5.03. The molecule has 116 valence electrons. The van der Waals surface area contributed by atoms with Gasteiger partial charge in [-0.2, -0.15) is 0 Å². The third kappa shape index (κ3) is 2.79. The van der Waals surface area contributed by atoms with Crippen molar-refractivity contribution in [3.05, 3.63) is 33.2 Å². The van der Waals surface area contributed by atoms with Gasteiger partial charge in [-0.3, -0.25) is 4.79 Å². The van der Waals surface area contributed by atoms with E-state index in [0.29, 0.717) is 11.8 Å². The molecular weight excluding hydrogens is 264 g/mol. The van der Waals surface area contributed by atoms with Crippen molar-refractivity contribution in [2.75, 3.05) is 13.1 Å². The average molecular weight is 290 g/mol. The molecule has 1 aromatic rings. The molecule has 2 aliphatic heterocycles. The van der Waals surface area contributed by atoms with Crippen LogP contribution < -0.4 is 10.9 Å². The summed E-state index contributed by atoms with van der Waals surface area (Å²) >= 11 is 0. The van der Waals surface area contributed by atoms with Gasteiger partial charge in [-0.05, 0) is 43.4 Å². The van der Waals surface area contributed by atoms with Gasteiger partial charge in [0.05, 0.1) is 6.61 Å². The van der Waals surface area contributed by atoms with Crippen molar-refractivity contribution in [3.63, 3.8) is 0 Å². The second-order valence-corrected chi connectivity index (χ2v) is 6.56. The van der Waals surface area contributed by atoms with Crippen LogP contribution in [-0.4, -0.2) is 22.8 Å². The average Bonchev–Trinajstić information content (AvgIpc) is 2.50. The van der Waals surface area contributed by atoms with Gasteiger partial charge in [-0.1, -0.05) is 19.8 Å². The first kappa shape index (κ1) is 14.8. The molecule has 0 amide bonds. The molecule has 2 atom stereocenters. The van der Waals surface area contributed by atoms with Gasteiger partial charge >= 0.3 is 0 Å². The Labute approximate surface area is 126 Å². The van der Waals surface area contributed by atoms with Gasteiger partial charge in [0.15, 0.2) is 0 Å². The zero-order chi connectivity index (χ0) is 14.8. The highest BCUT2D eigenvalue weighted by Crippen LogP contribution is 2.32. The van der Waals surface area contributed by atoms with E-state index in [4.69, 9.17) is 0 Å². The van der Waals surface area contributed by atoms with Gasteiger partial charge in [0, 0.05) is 30.3 Å². The predicted molar refractivity (Wildman–Crippen MR) is 83.6 cm³/mol. The lowest BCUT2D eigenvalue weighted by Crippen LogP contribution is -2.45. The molecule has 0 radical (unpaired) electrons. The van der Waals surface area contributed by atoms with Gasteiger partial charge in [0.2, 0.25) is 0 Å². The summed E-state index contributed by atoms with van der Waals surface area (Å²) in [6.07, 6.45) is 5.30. The summed E-state index contributed by atoms with van der Waals surface area (Å²) in [4.78, 5) is 12.9. The number of aliphatic hydroxyl groups excluding tert-OH is 1. The standard InChI is InChI=1S/C17H26N2O2/c1-2-3-4-5-15-14(11-20)7-16-13-6-12(8-18-9-13)10-19(16)17(15)21/h7,12-13,18,20H,2-6,8-11H2,1H3. The van der Waals surface area contributed by atoms with E-state index in [1.54, 1.807) is 0 Å². The van der Waals surface area contributed by atoms with Gasteiger partial charge in [-0.25, -0.2) is 0 Å². The minimum atomic E-state index is -0.0197. The number of hydrogen-bond acceptors (Lipinski definition) is 3. The lowest BCUT2D eigenvalue weighted by atomic mass is 9.83. The minimum absolute atomic E-state index is 0.0197. The Kier molecular flexibility index (Phi) is 4.45. The molecule has 0 saturated carbocycles. The van der Waals surface area contributed by atoms with E-state index in [1.165, 1.54) is 6.42 Å². The number of nitrogens with zero attached hydrogens (tertiary/aromatic N) is 1. The fourth-order valence-electron chi connectivity index (χ4n) is 3.90. The van der Waals surface area contributed by atoms with E-state index in [0.717, 1.165) is 62.1 Å².